The molecule has 20 heavy (non-hydrogen) atoms. The van der Waals surface area contributed by atoms with Crippen LogP contribution < -0.4 is 5.32 Å². The number of rotatable bonds is 3. The lowest BCUT2D eigenvalue weighted by Gasteiger charge is -2.23. The number of piperidine rings is 1. The molecule has 2 aromatic carbocycles. The van der Waals surface area contributed by atoms with Gasteiger partial charge in [0.15, 0.2) is 0 Å². The molecule has 0 unspecified atom stereocenters. The Balaban J connectivity index is 1.85. The van der Waals surface area contributed by atoms with Crippen molar-refractivity contribution >= 4 is 11.6 Å². The summed E-state index contributed by atoms with van der Waals surface area (Å²) in [4.78, 5) is 0. The summed E-state index contributed by atoms with van der Waals surface area (Å²) >= 11 is 5.99. The van der Waals surface area contributed by atoms with Gasteiger partial charge < -0.3 is 5.32 Å². The minimum absolute atomic E-state index is 0.796. The first kappa shape index (κ1) is 13.7. The summed E-state index contributed by atoms with van der Waals surface area (Å²) in [5.74, 6) is 0.810. The van der Waals surface area contributed by atoms with Crippen LogP contribution >= 0.6 is 11.6 Å². The maximum atomic E-state index is 5.99. The highest BCUT2D eigenvalue weighted by atomic mass is 35.5. The van der Waals surface area contributed by atoms with Crippen molar-refractivity contribution in [2.75, 3.05) is 13.1 Å². The smallest absolute Gasteiger partial charge is 0.0406 e. The molecule has 104 valence electrons. The highest BCUT2D eigenvalue weighted by molar-refractivity contribution is 6.30. The highest BCUT2D eigenvalue weighted by Crippen LogP contribution is 2.28. The first-order valence-corrected chi connectivity index (χ1v) is 7.75. The van der Waals surface area contributed by atoms with Crippen LogP contribution in [0.1, 0.15) is 18.4 Å². The lowest BCUT2D eigenvalue weighted by Crippen LogP contribution is -2.28. The summed E-state index contributed by atoms with van der Waals surface area (Å²) in [5.41, 5.74) is 4.07. The van der Waals surface area contributed by atoms with Gasteiger partial charge in [0.1, 0.15) is 0 Å². The van der Waals surface area contributed by atoms with Crippen LogP contribution in [0.3, 0.4) is 0 Å². The molecule has 1 nitrogen and oxygen atoms in total. The van der Waals surface area contributed by atoms with Gasteiger partial charge in [-0.3, -0.25) is 0 Å². The van der Waals surface area contributed by atoms with Crippen LogP contribution in [0.2, 0.25) is 5.02 Å². The fourth-order valence-corrected chi connectivity index (χ4v) is 3.13. The largest absolute Gasteiger partial charge is 0.317 e. The van der Waals surface area contributed by atoms with Crippen LogP contribution in [0.15, 0.2) is 48.5 Å². The molecule has 0 aliphatic carbocycles. The molecule has 2 aromatic rings. The average Bonchev–Trinajstić information content (AvgIpc) is 2.50. The molecular weight excluding hydrogens is 266 g/mol. The van der Waals surface area contributed by atoms with Crippen LogP contribution in [0, 0.1) is 5.92 Å². The van der Waals surface area contributed by atoms with Gasteiger partial charge in [0.25, 0.3) is 0 Å². The zero-order chi connectivity index (χ0) is 13.8. The van der Waals surface area contributed by atoms with Crippen molar-refractivity contribution < 1.29 is 0 Å². The SMILES string of the molecule is Clc1ccc(-c2ccccc2CC2CCNCC2)cc1. The molecule has 0 radical (unpaired) electrons. The molecule has 1 heterocycles. The number of hydrogen-bond acceptors (Lipinski definition) is 1. The molecule has 2 heteroatoms. The minimum Gasteiger partial charge on any atom is -0.317 e. The highest BCUT2D eigenvalue weighted by Gasteiger charge is 2.15. The van der Waals surface area contributed by atoms with Crippen molar-refractivity contribution in [1.29, 1.82) is 0 Å². The lowest BCUT2D eigenvalue weighted by molar-refractivity contribution is 0.373. The summed E-state index contributed by atoms with van der Waals surface area (Å²) in [6.07, 6.45) is 3.75. The standard InChI is InChI=1S/C18H20ClN/c19-17-7-5-15(6-8-17)18-4-2-1-3-16(18)13-14-9-11-20-12-10-14/h1-8,14,20H,9-13H2. The van der Waals surface area contributed by atoms with Crippen LogP contribution in [0.25, 0.3) is 11.1 Å². The Morgan fingerprint density at radius 2 is 1.65 bits per heavy atom. The van der Waals surface area contributed by atoms with Crippen molar-refractivity contribution in [1.82, 2.24) is 5.32 Å². The first-order valence-electron chi connectivity index (χ1n) is 7.37. The minimum atomic E-state index is 0.796. The number of hydrogen-bond donors (Lipinski definition) is 1. The topological polar surface area (TPSA) is 12.0 Å². The monoisotopic (exact) mass is 285 g/mol. The Bertz CT molecular complexity index is 556. The number of benzene rings is 2. The van der Waals surface area contributed by atoms with Crippen LogP contribution in [0.5, 0.6) is 0 Å². The van der Waals surface area contributed by atoms with Crippen molar-refractivity contribution in [3.8, 4) is 11.1 Å². The van der Waals surface area contributed by atoms with E-state index in [1.165, 1.54) is 36.0 Å². The van der Waals surface area contributed by atoms with Gasteiger partial charge in [-0.15, -0.1) is 0 Å². The average molecular weight is 286 g/mol. The zero-order valence-electron chi connectivity index (χ0n) is 11.6. The molecule has 3 rings (SSSR count). The van der Waals surface area contributed by atoms with Gasteiger partial charge in [0.05, 0.1) is 0 Å². The molecule has 0 amide bonds. The van der Waals surface area contributed by atoms with E-state index in [0.29, 0.717) is 0 Å². The third kappa shape index (κ3) is 3.23. The number of nitrogens with one attached hydrogen (secondary N) is 1. The lowest BCUT2D eigenvalue weighted by atomic mass is 9.87. The second-order valence-electron chi connectivity index (χ2n) is 5.56. The van der Waals surface area contributed by atoms with E-state index in [2.05, 4.69) is 41.7 Å². The Morgan fingerprint density at radius 3 is 2.40 bits per heavy atom. The van der Waals surface area contributed by atoms with Gasteiger partial charge >= 0.3 is 0 Å². The number of halogens is 1. The van der Waals surface area contributed by atoms with E-state index in [1.807, 2.05) is 12.1 Å². The van der Waals surface area contributed by atoms with Gasteiger partial charge in [-0.25, -0.2) is 0 Å². The van der Waals surface area contributed by atoms with E-state index in [9.17, 15) is 0 Å². The molecule has 1 N–H and O–H groups in total. The fourth-order valence-electron chi connectivity index (χ4n) is 3.01. The second kappa shape index (κ2) is 6.43. The molecule has 0 atom stereocenters. The summed E-state index contributed by atoms with van der Waals surface area (Å²) in [7, 11) is 0. The third-order valence-corrected chi connectivity index (χ3v) is 4.39. The zero-order valence-corrected chi connectivity index (χ0v) is 12.4. The predicted octanol–water partition coefficient (Wildman–Crippen LogP) is 4.55. The van der Waals surface area contributed by atoms with E-state index in [4.69, 9.17) is 11.6 Å². The molecule has 0 spiro atoms. The Hall–Kier alpha value is -1.31. The second-order valence-corrected chi connectivity index (χ2v) is 6.00. The molecule has 1 fully saturated rings. The van der Waals surface area contributed by atoms with Gasteiger partial charge in [-0.05, 0) is 67.1 Å². The summed E-state index contributed by atoms with van der Waals surface area (Å²) in [5, 5.41) is 4.23. The van der Waals surface area contributed by atoms with Crippen molar-refractivity contribution in [3.05, 3.63) is 59.1 Å². The molecular formula is C18H20ClN. The molecule has 1 saturated heterocycles. The van der Waals surface area contributed by atoms with Crippen molar-refractivity contribution in [2.45, 2.75) is 19.3 Å². The summed E-state index contributed by atoms with van der Waals surface area (Å²) in [6.45, 7) is 2.32. The van der Waals surface area contributed by atoms with Crippen LogP contribution in [0.4, 0.5) is 0 Å². The molecule has 0 bridgehead atoms. The first-order chi connectivity index (χ1) is 9.83. The Labute approximate surface area is 126 Å². The van der Waals surface area contributed by atoms with Gasteiger partial charge in [-0.2, -0.15) is 0 Å². The van der Waals surface area contributed by atoms with E-state index in [1.54, 1.807) is 0 Å². The molecule has 0 saturated carbocycles. The maximum Gasteiger partial charge on any atom is 0.0406 e. The summed E-state index contributed by atoms with van der Waals surface area (Å²) in [6, 6.07) is 16.9. The van der Waals surface area contributed by atoms with E-state index in [-0.39, 0.29) is 0 Å². The van der Waals surface area contributed by atoms with Crippen LogP contribution in [-0.2, 0) is 6.42 Å². The van der Waals surface area contributed by atoms with E-state index < -0.39 is 0 Å². The predicted molar refractivity (Wildman–Crippen MR) is 86.2 cm³/mol. The van der Waals surface area contributed by atoms with Crippen molar-refractivity contribution in [2.24, 2.45) is 5.92 Å². The van der Waals surface area contributed by atoms with Crippen molar-refractivity contribution in [3.63, 3.8) is 0 Å². The normalized spacial score (nSPS) is 16.2. The Kier molecular flexibility index (Phi) is 4.39. The quantitative estimate of drug-likeness (QED) is 0.872. The van der Waals surface area contributed by atoms with E-state index >= 15 is 0 Å². The molecule has 1 aliphatic rings. The third-order valence-electron chi connectivity index (χ3n) is 4.14. The fraction of sp³-hybridized carbons (Fsp3) is 0.333. The Morgan fingerprint density at radius 1 is 0.950 bits per heavy atom. The van der Waals surface area contributed by atoms with Gasteiger partial charge in [-0.1, -0.05) is 48.0 Å². The van der Waals surface area contributed by atoms with Crippen LogP contribution in [-0.4, -0.2) is 13.1 Å². The molecule has 1 aliphatic heterocycles. The maximum absolute atomic E-state index is 5.99. The van der Waals surface area contributed by atoms with Gasteiger partial charge in [0.2, 0.25) is 0 Å². The molecule has 0 aromatic heterocycles. The van der Waals surface area contributed by atoms with E-state index in [0.717, 1.165) is 24.0 Å². The summed E-state index contributed by atoms with van der Waals surface area (Å²) < 4.78 is 0. The van der Waals surface area contributed by atoms with Gasteiger partial charge in [0, 0.05) is 5.02 Å².